The molecule has 1 aliphatic heterocycles. The summed E-state index contributed by atoms with van der Waals surface area (Å²) in [4.78, 5) is 28.9. The second-order valence-corrected chi connectivity index (χ2v) is 4.69. The maximum atomic E-state index is 11.9. The van der Waals surface area contributed by atoms with E-state index in [1.807, 2.05) is 6.92 Å². The van der Waals surface area contributed by atoms with Crippen LogP contribution in [0, 0.1) is 0 Å². The Balaban J connectivity index is 1.92. The Morgan fingerprint density at radius 1 is 1.63 bits per heavy atom. The number of pyridine rings is 1. The van der Waals surface area contributed by atoms with Gasteiger partial charge in [-0.15, -0.1) is 0 Å². The van der Waals surface area contributed by atoms with Crippen LogP contribution in [-0.2, 0) is 4.79 Å². The predicted molar refractivity (Wildman–Crippen MR) is 68.6 cm³/mol. The standard InChI is InChI=1S/C13H17N3O3/c1-9(8-16-7-3-5-11(16)18)15-13(19)12-10(17)4-2-6-14-12/h2,4,6,9,17H,3,5,7-8H2,1H3,(H,15,19). The van der Waals surface area contributed by atoms with Crippen LogP contribution in [0.3, 0.4) is 0 Å². The third-order valence-corrected chi connectivity index (χ3v) is 3.04. The van der Waals surface area contributed by atoms with Gasteiger partial charge in [-0.1, -0.05) is 0 Å². The first-order valence-electron chi connectivity index (χ1n) is 6.30. The molecule has 19 heavy (non-hydrogen) atoms. The summed E-state index contributed by atoms with van der Waals surface area (Å²) >= 11 is 0. The molecule has 1 unspecified atom stereocenters. The quantitative estimate of drug-likeness (QED) is 0.830. The molecule has 1 saturated heterocycles. The Hall–Kier alpha value is -2.11. The topological polar surface area (TPSA) is 82.5 Å². The van der Waals surface area contributed by atoms with Crippen LogP contribution in [-0.4, -0.2) is 45.9 Å². The van der Waals surface area contributed by atoms with E-state index in [0.29, 0.717) is 13.0 Å². The number of carbonyl (C=O) groups excluding carboxylic acids is 2. The number of rotatable bonds is 4. The molecule has 1 atom stereocenters. The van der Waals surface area contributed by atoms with E-state index >= 15 is 0 Å². The Morgan fingerprint density at radius 3 is 3.05 bits per heavy atom. The lowest BCUT2D eigenvalue weighted by Crippen LogP contribution is -2.42. The maximum absolute atomic E-state index is 11.9. The Kier molecular flexibility index (Phi) is 3.99. The minimum absolute atomic E-state index is 0.00194. The van der Waals surface area contributed by atoms with Crippen LogP contribution in [0.5, 0.6) is 5.75 Å². The minimum atomic E-state index is -0.433. The lowest BCUT2D eigenvalue weighted by Gasteiger charge is -2.21. The first-order valence-corrected chi connectivity index (χ1v) is 6.30. The summed E-state index contributed by atoms with van der Waals surface area (Å²) in [7, 11) is 0. The summed E-state index contributed by atoms with van der Waals surface area (Å²) in [5, 5.41) is 12.3. The van der Waals surface area contributed by atoms with Gasteiger partial charge in [0.1, 0.15) is 5.75 Å². The van der Waals surface area contributed by atoms with E-state index in [2.05, 4.69) is 10.3 Å². The molecule has 0 bridgehead atoms. The molecular formula is C13H17N3O3. The second kappa shape index (κ2) is 5.69. The van der Waals surface area contributed by atoms with E-state index in [1.165, 1.54) is 12.3 Å². The number of hydrogen-bond donors (Lipinski definition) is 2. The molecule has 0 spiro atoms. The van der Waals surface area contributed by atoms with Crippen molar-refractivity contribution in [1.29, 1.82) is 0 Å². The summed E-state index contributed by atoms with van der Waals surface area (Å²) in [5.74, 6) is -0.455. The third-order valence-electron chi connectivity index (χ3n) is 3.04. The van der Waals surface area contributed by atoms with Crippen LogP contribution >= 0.6 is 0 Å². The van der Waals surface area contributed by atoms with Gasteiger partial charge in [-0.25, -0.2) is 4.98 Å². The number of nitrogens with one attached hydrogen (secondary N) is 1. The van der Waals surface area contributed by atoms with E-state index < -0.39 is 5.91 Å². The fraction of sp³-hybridized carbons (Fsp3) is 0.462. The minimum Gasteiger partial charge on any atom is -0.505 e. The van der Waals surface area contributed by atoms with Crippen molar-refractivity contribution in [2.75, 3.05) is 13.1 Å². The van der Waals surface area contributed by atoms with Crippen LogP contribution in [0.2, 0.25) is 0 Å². The number of amides is 2. The molecule has 1 fully saturated rings. The van der Waals surface area contributed by atoms with Gasteiger partial charge < -0.3 is 15.3 Å². The highest BCUT2D eigenvalue weighted by Crippen LogP contribution is 2.13. The van der Waals surface area contributed by atoms with Crippen LogP contribution in [0.15, 0.2) is 18.3 Å². The Bertz CT molecular complexity index is 490. The van der Waals surface area contributed by atoms with Crippen molar-refractivity contribution in [1.82, 2.24) is 15.2 Å². The van der Waals surface area contributed by atoms with Gasteiger partial charge in [0.2, 0.25) is 5.91 Å². The predicted octanol–water partition coefficient (Wildman–Crippen LogP) is 0.528. The van der Waals surface area contributed by atoms with Crippen LogP contribution < -0.4 is 5.32 Å². The largest absolute Gasteiger partial charge is 0.505 e. The molecule has 0 radical (unpaired) electrons. The zero-order valence-corrected chi connectivity index (χ0v) is 10.8. The summed E-state index contributed by atoms with van der Waals surface area (Å²) in [6, 6.07) is 2.78. The van der Waals surface area contributed by atoms with E-state index in [-0.39, 0.29) is 23.4 Å². The molecule has 1 aliphatic rings. The SMILES string of the molecule is CC(CN1CCCC1=O)NC(=O)c1ncccc1O. The normalized spacial score (nSPS) is 16.5. The Labute approximate surface area is 111 Å². The van der Waals surface area contributed by atoms with Gasteiger partial charge in [-0.05, 0) is 25.5 Å². The highest BCUT2D eigenvalue weighted by atomic mass is 16.3. The molecular weight excluding hydrogens is 246 g/mol. The highest BCUT2D eigenvalue weighted by Gasteiger charge is 2.23. The zero-order valence-electron chi connectivity index (χ0n) is 10.8. The summed E-state index contributed by atoms with van der Waals surface area (Å²) in [6.45, 7) is 3.05. The number of aromatic hydroxyl groups is 1. The van der Waals surface area contributed by atoms with Gasteiger partial charge in [0.15, 0.2) is 5.69 Å². The maximum Gasteiger partial charge on any atom is 0.274 e. The molecule has 6 heteroatoms. The number of aromatic nitrogens is 1. The summed E-state index contributed by atoms with van der Waals surface area (Å²) < 4.78 is 0. The van der Waals surface area contributed by atoms with Crippen molar-refractivity contribution in [3.8, 4) is 5.75 Å². The molecule has 1 aromatic heterocycles. The van der Waals surface area contributed by atoms with E-state index in [9.17, 15) is 14.7 Å². The molecule has 102 valence electrons. The highest BCUT2D eigenvalue weighted by molar-refractivity contribution is 5.94. The van der Waals surface area contributed by atoms with Gasteiger partial charge in [0, 0.05) is 31.7 Å². The Morgan fingerprint density at radius 2 is 2.42 bits per heavy atom. The third kappa shape index (κ3) is 3.21. The number of carbonyl (C=O) groups is 2. The van der Waals surface area contributed by atoms with Crippen LogP contribution in [0.4, 0.5) is 0 Å². The second-order valence-electron chi connectivity index (χ2n) is 4.69. The number of hydrogen-bond acceptors (Lipinski definition) is 4. The van der Waals surface area contributed by atoms with Crippen molar-refractivity contribution < 1.29 is 14.7 Å². The number of likely N-dealkylation sites (tertiary alicyclic amines) is 1. The molecule has 0 saturated carbocycles. The molecule has 6 nitrogen and oxygen atoms in total. The molecule has 2 heterocycles. The molecule has 1 aromatic rings. The van der Waals surface area contributed by atoms with Crippen molar-refractivity contribution in [3.05, 3.63) is 24.0 Å². The van der Waals surface area contributed by atoms with Gasteiger partial charge in [0.25, 0.3) is 5.91 Å². The molecule has 0 aromatic carbocycles. The van der Waals surface area contributed by atoms with Gasteiger partial charge >= 0.3 is 0 Å². The lowest BCUT2D eigenvalue weighted by molar-refractivity contribution is -0.127. The van der Waals surface area contributed by atoms with E-state index in [1.54, 1.807) is 11.0 Å². The van der Waals surface area contributed by atoms with E-state index in [4.69, 9.17) is 0 Å². The van der Waals surface area contributed by atoms with Gasteiger partial charge in [-0.2, -0.15) is 0 Å². The summed E-state index contributed by atoms with van der Waals surface area (Å²) in [5.41, 5.74) is 0.00194. The van der Waals surface area contributed by atoms with E-state index in [0.717, 1.165) is 13.0 Å². The average Bonchev–Trinajstić information content (AvgIpc) is 2.75. The monoisotopic (exact) mass is 263 g/mol. The fourth-order valence-electron chi connectivity index (χ4n) is 2.14. The summed E-state index contributed by atoms with van der Waals surface area (Å²) in [6.07, 6.45) is 2.91. The molecule has 0 aliphatic carbocycles. The number of nitrogens with zero attached hydrogens (tertiary/aromatic N) is 2. The average molecular weight is 263 g/mol. The van der Waals surface area contributed by atoms with Crippen LogP contribution in [0.25, 0.3) is 0 Å². The smallest absolute Gasteiger partial charge is 0.274 e. The van der Waals surface area contributed by atoms with Gasteiger partial charge in [0.05, 0.1) is 0 Å². The van der Waals surface area contributed by atoms with Gasteiger partial charge in [-0.3, -0.25) is 9.59 Å². The fourth-order valence-corrected chi connectivity index (χ4v) is 2.14. The van der Waals surface area contributed by atoms with Crippen molar-refractivity contribution in [2.45, 2.75) is 25.8 Å². The van der Waals surface area contributed by atoms with Crippen molar-refractivity contribution in [3.63, 3.8) is 0 Å². The molecule has 2 amide bonds. The molecule has 2 N–H and O–H groups in total. The van der Waals surface area contributed by atoms with Crippen molar-refractivity contribution >= 4 is 11.8 Å². The first-order chi connectivity index (χ1) is 9.08. The zero-order chi connectivity index (χ0) is 13.8. The molecule has 2 rings (SSSR count). The van der Waals surface area contributed by atoms with Crippen molar-refractivity contribution in [2.24, 2.45) is 0 Å². The first kappa shape index (κ1) is 13.3. The van der Waals surface area contributed by atoms with Crippen LogP contribution in [0.1, 0.15) is 30.3 Å². The lowest BCUT2D eigenvalue weighted by atomic mass is 10.2.